The number of rotatable bonds is 11. The third-order valence-electron chi connectivity index (χ3n) is 4.21. The van der Waals surface area contributed by atoms with Crippen LogP contribution in [0.4, 0.5) is 0 Å². The Kier molecular flexibility index (Phi) is 9.96. The van der Waals surface area contributed by atoms with Crippen molar-refractivity contribution >= 4 is 11.9 Å². The van der Waals surface area contributed by atoms with E-state index in [0.717, 1.165) is 25.7 Å². The minimum atomic E-state index is -0.489. The van der Waals surface area contributed by atoms with Crippen LogP contribution in [-0.4, -0.2) is 30.3 Å². The zero-order valence-electron chi connectivity index (χ0n) is 16.4. The Morgan fingerprint density at radius 3 is 1.65 bits per heavy atom. The third-order valence-corrected chi connectivity index (χ3v) is 4.21. The first-order valence-electron chi connectivity index (χ1n) is 9.50. The first-order valence-corrected chi connectivity index (χ1v) is 9.50. The van der Waals surface area contributed by atoms with Crippen LogP contribution in [0.3, 0.4) is 0 Å². The quantitative estimate of drug-likeness (QED) is 0.591. The van der Waals surface area contributed by atoms with Gasteiger partial charge in [0.15, 0.2) is 0 Å². The highest BCUT2D eigenvalue weighted by Gasteiger charge is 2.16. The lowest BCUT2D eigenvalue weighted by atomic mass is 10.1. The maximum absolute atomic E-state index is 12.3. The second kappa shape index (κ2) is 11.7. The summed E-state index contributed by atoms with van der Waals surface area (Å²) in [6, 6.07) is 4.56. The van der Waals surface area contributed by atoms with Gasteiger partial charge in [-0.25, -0.2) is 9.59 Å². The van der Waals surface area contributed by atoms with Crippen LogP contribution in [0.15, 0.2) is 18.2 Å². The molecule has 0 aliphatic rings. The molecule has 0 amide bonds. The fourth-order valence-electron chi connectivity index (χ4n) is 2.77. The molecule has 0 bridgehead atoms. The zero-order valence-corrected chi connectivity index (χ0v) is 16.4. The summed E-state index contributed by atoms with van der Waals surface area (Å²) in [4.78, 5) is 24.6. The predicted molar refractivity (Wildman–Crippen MR) is 101 cm³/mol. The van der Waals surface area contributed by atoms with Crippen molar-refractivity contribution in [3.63, 3.8) is 0 Å². The van der Waals surface area contributed by atoms with Gasteiger partial charge < -0.3 is 14.6 Å². The SMILES string of the molecule is CCC[C@@H](C)COC(=O)c1cc(CO)cc(C(=O)OC[C@@H](C)CCC)c1. The smallest absolute Gasteiger partial charge is 0.338 e. The van der Waals surface area contributed by atoms with Gasteiger partial charge in [0.05, 0.1) is 30.9 Å². The Morgan fingerprint density at radius 2 is 1.31 bits per heavy atom. The van der Waals surface area contributed by atoms with E-state index >= 15 is 0 Å². The zero-order chi connectivity index (χ0) is 19.5. The molecule has 5 heteroatoms. The van der Waals surface area contributed by atoms with Crippen molar-refractivity contribution in [1.29, 1.82) is 0 Å². The predicted octanol–water partition coefficient (Wildman–Crippen LogP) is 4.36. The average Bonchev–Trinajstić information content (AvgIpc) is 2.64. The normalized spacial score (nSPS) is 13.1. The summed E-state index contributed by atoms with van der Waals surface area (Å²) in [5, 5.41) is 9.42. The first-order chi connectivity index (χ1) is 12.4. The number of carbonyl (C=O) groups is 2. The lowest BCUT2D eigenvalue weighted by molar-refractivity contribution is 0.0440. The van der Waals surface area contributed by atoms with Crippen LogP contribution in [0.5, 0.6) is 0 Å². The molecule has 2 atom stereocenters. The Labute approximate surface area is 156 Å². The number of aliphatic hydroxyl groups is 1. The number of hydrogen-bond acceptors (Lipinski definition) is 5. The van der Waals surface area contributed by atoms with Crippen LogP contribution >= 0.6 is 0 Å². The molecule has 1 rings (SSSR count). The maximum atomic E-state index is 12.3. The van der Waals surface area contributed by atoms with E-state index in [0.29, 0.717) is 18.8 Å². The molecule has 0 fully saturated rings. The number of hydrogen-bond donors (Lipinski definition) is 1. The van der Waals surface area contributed by atoms with Gasteiger partial charge in [-0.3, -0.25) is 0 Å². The Hall–Kier alpha value is -1.88. The van der Waals surface area contributed by atoms with Crippen LogP contribution < -0.4 is 0 Å². The summed E-state index contributed by atoms with van der Waals surface area (Å²) in [5.74, 6) is -0.405. The van der Waals surface area contributed by atoms with Crippen molar-refractivity contribution in [1.82, 2.24) is 0 Å². The molecule has 146 valence electrons. The highest BCUT2D eigenvalue weighted by atomic mass is 16.5. The van der Waals surface area contributed by atoms with E-state index in [1.807, 2.05) is 13.8 Å². The molecule has 0 saturated heterocycles. The van der Waals surface area contributed by atoms with Crippen LogP contribution in [-0.2, 0) is 16.1 Å². The lowest BCUT2D eigenvalue weighted by Crippen LogP contribution is -2.15. The van der Waals surface area contributed by atoms with Gasteiger partial charge in [-0.2, -0.15) is 0 Å². The van der Waals surface area contributed by atoms with Gasteiger partial charge in [0.1, 0.15) is 0 Å². The molecule has 0 aromatic heterocycles. The van der Waals surface area contributed by atoms with Crippen LogP contribution in [0.25, 0.3) is 0 Å². The minimum absolute atomic E-state index is 0.258. The molecule has 0 aliphatic carbocycles. The van der Waals surface area contributed by atoms with Gasteiger partial charge in [-0.05, 0) is 48.4 Å². The van der Waals surface area contributed by atoms with Gasteiger partial charge >= 0.3 is 11.9 Å². The molecular formula is C21H32O5. The van der Waals surface area contributed by atoms with E-state index < -0.39 is 11.9 Å². The summed E-state index contributed by atoms with van der Waals surface area (Å²) in [6.45, 7) is 8.64. The summed E-state index contributed by atoms with van der Waals surface area (Å²) >= 11 is 0. The second-order valence-electron chi connectivity index (χ2n) is 7.06. The first kappa shape index (κ1) is 22.2. The lowest BCUT2D eigenvalue weighted by Gasteiger charge is -2.13. The van der Waals surface area contributed by atoms with Gasteiger partial charge in [0, 0.05) is 0 Å². The van der Waals surface area contributed by atoms with E-state index in [4.69, 9.17) is 9.47 Å². The highest BCUT2D eigenvalue weighted by molar-refractivity contribution is 5.95. The highest BCUT2D eigenvalue weighted by Crippen LogP contribution is 2.15. The molecule has 1 aromatic rings. The minimum Gasteiger partial charge on any atom is -0.462 e. The van der Waals surface area contributed by atoms with Gasteiger partial charge in [0.25, 0.3) is 0 Å². The standard InChI is InChI=1S/C21H32O5/c1-5-7-15(3)13-25-20(23)18-9-17(12-22)10-19(11-18)21(24)26-14-16(4)8-6-2/h9-11,15-16,22H,5-8,12-14H2,1-4H3/t15-,16+. The van der Waals surface area contributed by atoms with Gasteiger partial charge in [0.2, 0.25) is 0 Å². The molecule has 0 saturated carbocycles. The van der Waals surface area contributed by atoms with Crippen molar-refractivity contribution in [3.8, 4) is 0 Å². The molecule has 1 N–H and O–H groups in total. The summed E-state index contributed by atoms with van der Waals surface area (Å²) in [7, 11) is 0. The molecule has 0 spiro atoms. The molecule has 0 heterocycles. The summed E-state index contributed by atoms with van der Waals surface area (Å²) < 4.78 is 10.7. The fraction of sp³-hybridized carbons (Fsp3) is 0.619. The molecular weight excluding hydrogens is 332 g/mol. The van der Waals surface area contributed by atoms with E-state index in [-0.39, 0.29) is 29.6 Å². The van der Waals surface area contributed by atoms with Crippen molar-refractivity contribution in [2.75, 3.05) is 13.2 Å². The number of esters is 2. The average molecular weight is 364 g/mol. The van der Waals surface area contributed by atoms with E-state index in [9.17, 15) is 14.7 Å². The van der Waals surface area contributed by atoms with Gasteiger partial charge in [-0.15, -0.1) is 0 Å². The molecule has 1 aromatic carbocycles. The molecule has 0 radical (unpaired) electrons. The van der Waals surface area contributed by atoms with Crippen molar-refractivity contribution < 1.29 is 24.2 Å². The largest absolute Gasteiger partial charge is 0.462 e. The van der Waals surface area contributed by atoms with Crippen LogP contribution in [0.2, 0.25) is 0 Å². The maximum Gasteiger partial charge on any atom is 0.338 e. The number of ether oxygens (including phenoxy) is 2. The van der Waals surface area contributed by atoms with Crippen molar-refractivity contribution in [2.24, 2.45) is 11.8 Å². The van der Waals surface area contributed by atoms with Gasteiger partial charge in [-0.1, -0.05) is 40.5 Å². The van der Waals surface area contributed by atoms with Crippen molar-refractivity contribution in [3.05, 3.63) is 34.9 Å². The van der Waals surface area contributed by atoms with Crippen LogP contribution in [0, 0.1) is 11.8 Å². The van der Waals surface area contributed by atoms with E-state index in [1.165, 1.54) is 6.07 Å². The van der Waals surface area contributed by atoms with E-state index in [2.05, 4.69) is 13.8 Å². The Bertz CT molecular complexity index is 536. The Morgan fingerprint density at radius 1 is 0.885 bits per heavy atom. The van der Waals surface area contributed by atoms with Crippen LogP contribution in [0.1, 0.15) is 79.7 Å². The fourth-order valence-corrected chi connectivity index (χ4v) is 2.77. The number of benzene rings is 1. The Balaban J connectivity index is 2.80. The molecule has 26 heavy (non-hydrogen) atoms. The molecule has 5 nitrogen and oxygen atoms in total. The summed E-state index contributed by atoms with van der Waals surface area (Å²) in [6.07, 6.45) is 4.03. The molecule has 0 aliphatic heterocycles. The molecule has 0 unspecified atom stereocenters. The summed E-state index contributed by atoms with van der Waals surface area (Å²) in [5.41, 5.74) is 0.997. The van der Waals surface area contributed by atoms with E-state index in [1.54, 1.807) is 12.1 Å². The topological polar surface area (TPSA) is 72.8 Å². The number of aliphatic hydroxyl groups excluding tert-OH is 1. The third kappa shape index (κ3) is 7.56. The van der Waals surface area contributed by atoms with Crippen molar-refractivity contribution in [2.45, 2.75) is 60.0 Å². The second-order valence-corrected chi connectivity index (χ2v) is 7.06. The number of carbonyl (C=O) groups excluding carboxylic acids is 2. The monoisotopic (exact) mass is 364 g/mol.